The number of aromatic nitrogens is 2. The van der Waals surface area contributed by atoms with Gasteiger partial charge in [0.25, 0.3) is 5.91 Å². The van der Waals surface area contributed by atoms with Crippen LogP contribution in [0.25, 0.3) is 0 Å². The number of amides is 1. The highest BCUT2D eigenvalue weighted by molar-refractivity contribution is 6.05. The number of nitrogens with zero attached hydrogens (tertiary/aromatic N) is 3. The summed E-state index contributed by atoms with van der Waals surface area (Å²) in [7, 11) is 0. The molecule has 0 aliphatic heterocycles. The van der Waals surface area contributed by atoms with Gasteiger partial charge in [0.2, 0.25) is 5.69 Å². The highest BCUT2D eigenvalue weighted by atomic mass is 19.1. The molecule has 7 nitrogen and oxygen atoms in total. The quantitative estimate of drug-likeness (QED) is 0.692. The van der Waals surface area contributed by atoms with E-state index in [2.05, 4.69) is 10.4 Å². The topological polar surface area (TPSA) is 90.1 Å². The van der Waals surface area contributed by atoms with Crippen LogP contribution in [0.15, 0.2) is 24.4 Å². The van der Waals surface area contributed by atoms with Gasteiger partial charge in [-0.15, -0.1) is 0 Å². The Kier molecular flexibility index (Phi) is 3.97. The monoisotopic (exact) mass is 292 g/mol. The number of hydrogen-bond acceptors (Lipinski definition) is 4. The lowest BCUT2D eigenvalue weighted by Gasteiger charge is -2.08. The Hall–Kier alpha value is -2.77. The number of benzene rings is 1. The molecule has 0 atom stereocenters. The van der Waals surface area contributed by atoms with Crippen molar-refractivity contribution < 1.29 is 14.1 Å². The lowest BCUT2D eigenvalue weighted by atomic mass is 10.2. The normalized spacial score (nSPS) is 10.4. The highest BCUT2D eigenvalue weighted by Crippen LogP contribution is 2.21. The second-order valence-electron chi connectivity index (χ2n) is 4.39. The van der Waals surface area contributed by atoms with Gasteiger partial charge in [0, 0.05) is 6.54 Å². The number of rotatable bonds is 4. The van der Waals surface area contributed by atoms with Crippen molar-refractivity contribution in [2.24, 2.45) is 0 Å². The van der Waals surface area contributed by atoms with Gasteiger partial charge in [-0.2, -0.15) is 5.10 Å². The minimum atomic E-state index is -0.773. The number of aryl methyl sites for hydroxylation is 2. The number of nitro groups is 1. The van der Waals surface area contributed by atoms with Crippen LogP contribution in [0.2, 0.25) is 0 Å². The van der Waals surface area contributed by atoms with Crippen LogP contribution in [0, 0.1) is 22.9 Å². The molecule has 110 valence electrons. The second-order valence-corrected chi connectivity index (χ2v) is 4.39. The maximum atomic E-state index is 13.6. The Balaban J connectivity index is 2.38. The van der Waals surface area contributed by atoms with Crippen molar-refractivity contribution in [2.45, 2.75) is 20.4 Å². The summed E-state index contributed by atoms with van der Waals surface area (Å²) >= 11 is 0. The van der Waals surface area contributed by atoms with Gasteiger partial charge in [-0.25, -0.2) is 4.39 Å². The molecule has 0 aliphatic carbocycles. The fraction of sp³-hybridized carbons (Fsp3) is 0.231. The zero-order valence-corrected chi connectivity index (χ0v) is 11.5. The molecule has 1 aromatic heterocycles. The lowest BCUT2D eigenvalue weighted by molar-refractivity contribution is -0.385. The summed E-state index contributed by atoms with van der Waals surface area (Å²) in [6.45, 7) is 3.72. The Morgan fingerprint density at radius 1 is 1.52 bits per heavy atom. The van der Waals surface area contributed by atoms with Crippen LogP contribution in [0.5, 0.6) is 0 Å². The Labute approximate surface area is 119 Å². The van der Waals surface area contributed by atoms with Crippen LogP contribution in [0.3, 0.4) is 0 Å². The molecule has 1 amide bonds. The van der Waals surface area contributed by atoms with E-state index in [1.165, 1.54) is 16.8 Å². The lowest BCUT2D eigenvalue weighted by Crippen LogP contribution is -2.19. The van der Waals surface area contributed by atoms with E-state index in [4.69, 9.17) is 0 Å². The maximum absolute atomic E-state index is 13.6. The van der Waals surface area contributed by atoms with E-state index in [9.17, 15) is 19.3 Å². The molecular weight excluding hydrogens is 279 g/mol. The van der Waals surface area contributed by atoms with Gasteiger partial charge in [0.1, 0.15) is 12.0 Å². The predicted molar refractivity (Wildman–Crippen MR) is 73.6 cm³/mol. The summed E-state index contributed by atoms with van der Waals surface area (Å²) in [4.78, 5) is 22.4. The molecule has 0 unspecified atom stereocenters. The van der Waals surface area contributed by atoms with Crippen molar-refractivity contribution in [3.05, 3.63) is 51.6 Å². The van der Waals surface area contributed by atoms with E-state index >= 15 is 0 Å². The molecule has 0 saturated carbocycles. The van der Waals surface area contributed by atoms with Crippen LogP contribution in [0.4, 0.5) is 15.8 Å². The molecule has 0 fully saturated rings. The summed E-state index contributed by atoms with van der Waals surface area (Å²) in [6, 6.07) is 4.23. The Morgan fingerprint density at radius 2 is 2.24 bits per heavy atom. The van der Waals surface area contributed by atoms with Crippen molar-refractivity contribution in [3.8, 4) is 0 Å². The largest absolute Gasteiger partial charge is 0.320 e. The van der Waals surface area contributed by atoms with E-state index in [-0.39, 0.29) is 17.9 Å². The molecule has 0 saturated heterocycles. The van der Waals surface area contributed by atoms with Crippen LogP contribution in [0.1, 0.15) is 23.0 Å². The van der Waals surface area contributed by atoms with E-state index in [1.54, 1.807) is 19.9 Å². The van der Waals surface area contributed by atoms with Gasteiger partial charge in [-0.05, 0) is 31.5 Å². The van der Waals surface area contributed by atoms with E-state index in [1.807, 2.05) is 0 Å². The predicted octanol–water partition coefficient (Wildman–Crippen LogP) is 2.51. The zero-order chi connectivity index (χ0) is 15.6. The van der Waals surface area contributed by atoms with Gasteiger partial charge in [0.15, 0.2) is 0 Å². The van der Waals surface area contributed by atoms with Crippen LogP contribution in [-0.2, 0) is 6.54 Å². The third-order valence-electron chi connectivity index (χ3n) is 2.90. The SMILES string of the molecule is CCn1ncc([N+](=O)[O-])c1C(=O)Nc1cc(C)ccc1F. The number of carbonyl (C=O) groups is 1. The van der Waals surface area contributed by atoms with Crippen LogP contribution < -0.4 is 5.32 Å². The van der Waals surface area contributed by atoms with Crippen LogP contribution in [-0.4, -0.2) is 20.6 Å². The second kappa shape index (κ2) is 5.70. The first kappa shape index (κ1) is 14.6. The molecule has 0 radical (unpaired) electrons. The van der Waals surface area contributed by atoms with E-state index < -0.39 is 22.3 Å². The Bertz CT molecular complexity index is 711. The van der Waals surface area contributed by atoms with E-state index in [0.29, 0.717) is 0 Å². The number of carbonyl (C=O) groups excluding carboxylic acids is 1. The molecule has 0 bridgehead atoms. The van der Waals surface area contributed by atoms with Crippen molar-refractivity contribution in [3.63, 3.8) is 0 Å². The van der Waals surface area contributed by atoms with Gasteiger partial charge < -0.3 is 5.32 Å². The summed E-state index contributed by atoms with van der Waals surface area (Å²) in [5.41, 5.74) is 0.106. The minimum absolute atomic E-state index is 0.0295. The molecular formula is C13H13FN4O3. The number of hydrogen-bond donors (Lipinski definition) is 1. The minimum Gasteiger partial charge on any atom is -0.318 e. The van der Waals surface area contributed by atoms with Crippen molar-refractivity contribution in [1.29, 1.82) is 0 Å². The molecule has 2 aromatic rings. The molecule has 2 rings (SSSR count). The summed E-state index contributed by atoms with van der Waals surface area (Å²) in [6.07, 6.45) is 1.00. The molecule has 0 aliphatic rings. The molecule has 1 aromatic carbocycles. The molecule has 1 heterocycles. The average molecular weight is 292 g/mol. The summed E-state index contributed by atoms with van der Waals surface area (Å²) in [5.74, 6) is -1.38. The fourth-order valence-corrected chi connectivity index (χ4v) is 1.90. The third-order valence-corrected chi connectivity index (χ3v) is 2.90. The molecule has 0 spiro atoms. The fourth-order valence-electron chi connectivity index (χ4n) is 1.90. The number of halogens is 1. The highest BCUT2D eigenvalue weighted by Gasteiger charge is 2.26. The Morgan fingerprint density at radius 3 is 2.86 bits per heavy atom. The molecule has 21 heavy (non-hydrogen) atoms. The standard InChI is InChI=1S/C13H13FN4O3/c1-3-17-12(11(7-15-17)18(20)21)13(19)16-10-6-8(2)4-5-9(10)14/h4-7H,3H2,1-2H3,(H,16,19). The first-order valence-corrected chi connectivity index (χ1v) is 6.21. The van der Waals surface area contributed by atoms with Gasteiger partial charge in [-0.1, -0.05) is 6.07 Å². The van der Waals surface area contributed by atoms with Gasteiger partial charge >= 0.3 is 5.69 Å². The van der Waals surface area contributed by atoms with Gasteiger partial charge in [-0.3, -0.25) is 19.6 Å². The zero-order valence-electron chi connectivity index (χ0n) is 11.5. The molecule has 1 N–H and O–H groups in total. The van der Waals surface area contributed by atoms with Gasteiger partial charge in [0.05, 0.1) is 10.6 Å². The smallest absolute Gasteiger partial charge is 0.318 e. The van der Waals surface area contributed by atoms with Crippen molar-refractivity contribution in [2.75, 3.05) is 5.32 Å². The average Bonchev–Trinajstić information content (AvgIpc) is 2.87. The summed E-state index contributed by atoms with van der Waals surface area (Å²) in [5, 5.41) is 17.1. The maximum Gasteiger partial charge on any atom is 0.320 e. The summed E-state index contributed by atoms with van der Waals surface area (Å²) < 4.78 is 14.8. The number of anilines is 1. The van der Waals surface area contributed by atoms with Crippen molar-refractivity contribution >= 4 is 17.3 Å². The molecule has 8 heteroatoms. The first-order valence-electron chi connectivity index (χ1n) is 6.21. The number of nitrogens with one attached hydrogen (secondary N) is 1. The third kappa shape index (κ3) is 2.88. The first-order chi connectivity index (χ1) is 9.93. The van der Waals surface area contributed by atoms with Crippen molar-refractivity contribution in [1.82, 2.24) is 9.78 Å². The van der Waals surface area contributed by atoms with Crippen LogP contribution >= 0.6 is 0 Å². The van der Waals surface area contributed by atoms with E-state index in [0.717, 1.165) is 11.8 Å².